The number of hydrogen-bond acceptors (Lipinski definition) is 4. The Balaban J connectivity index is 2.27. The van der Waals surface area contributed by atoms with E-state index in [-0.39, 0.29) is 35.6 Å². The van der Waals surface area contributed by atoms with Crippen LogP contribution < -0.4 is 4.74 Å². The van der Waals surface area contributed by atoms with E-state index in [1.165, 1.54) is 7.11 Å². The van der Waals surface area contributed by atoms with Crippen LogP contribution >= 0.6 is 0 Å². The predicted octanol–water partition coefficient (Wildman–Crippen LogP) is 4.28. The fraction of sp³-hybridized carbons (Fsp3) is 0.429. The summed E-state index contributed by atoms with van der Waals surface area (Å²) in [5.74, 6) is 0.286. The lowest BCUT2D eigenvalue weighted by Gasteiger charge is -2.35. The molecule has 0 amide bonds. The maximum absolute atomic E-state index is 13.0. The molecule has 0 unspecified atom stereocenters. The molecule has 1 atom stereocenters. The molecule has 0 radical (unpaired) electrons. The van der Waals surface area contributed by atoms with Crippen molar-refractivity contribution in [1.82, 2.24) is 0 Å². The number of carbonyl (C=O) groups excluding carboxylic acids is 2. The molecule has 2 aliphatic rings. The number of phenolic OH excluding ortho intramolecular Hbond substituents is 1. The van der Waals surface area contributed by atoms with E-state index in [9.17, 15) is 14.7 Å². The number of hydrogen-bond donors (Lipinski definition) is 1. The SMILES string of the molecule is COc1c(C(C)C)cc2c(c1O)C=C1C=CC(=O)C(C)(C)[C@H]1CC2=O. The Hall–Kier alpha value is -2.36. The predicted molar refractivity (Wildman–Crippen MR) is 97.1 cm³/mol. The average molecular weight is 340 g/mol. The molecular weight excluding hydrogens is 316 g/mol. The highest BCUT2D eigenvalue weighted by Crippen LogP contribution is 2.47. The highest BCUT2D eigenvalue weighted by atomic mass is 16.5. The van der Waals surface area contributed by atoms with Crippen molar-refractivity contribution in [3.05, 3.63) is 40.5 Å². The molecule has 0 aliphatic heterocycles. The van der Waals surface area contributed by atoms with Crippen molar-refractivity contribution in [3.8, 4) is 11.5 Å². The van der Waals surface area contributed by atoms with E-state index in [2.05, 4.69) is 0 Å². The number of methoxy groups -OCH3 is 1. The first-order valence-electron chi connectivity index (χ1n) is 8.59. The zero-order chi connectivity index (χ0) is 18.5. The monoisotopic (exact) mass is 340 g/mol. The van der Waals surface area contributed by atoms with Crippen molar-refractivity contribution >= 4 is 17.6 Å². The Labute approximate surface area is 148 Å². The van der Waals surface area contributed by atoms with Crippen LogP contribution in [0.4, 0.5) is 0 Å². The number of aromatic hydroxyl groups is 1. The van der Waals surface area contributed by atoms with E-state index >= 15 is 0 Å². The van der Waals surface area contributed by atoms with Crippen LogP contribution in [0.2, 0.25) is 0 Å². The molecule has 1 aromatic rings. The molecule has 1 N–H and O–H groups in total. The van der Waals surface area contributed by atoms with Crippen molar-refractivity contribution in [2.24, 2.45) is 11.3 Å². The molecule has 0 saturated heterocycles. The number of rotatable bonds is 2. The van der Waals surface area contributed by atoms with Gasteiger partial charge in [-0.2, -0.15) is 0 Å². The van der Waals surface area contributed by atoms with E-state index in [1.54, 1.807) is 12.2 Å². The number of phenols is 1. The van der Waals surface area contributed by atoms with Crippen LogP contribution in [0.1, 0.15) is 61.5 Å². The topological polar surface area (TPSA) is 63.6 Å². The van der Waals surface area contributed by atoms with Crippen LogP contribution in [0.25, 0.3) is 6.08 Å². The minimum Gasteiger partial charge on any atom is -0.504 e. The number of ether oxygens (including phenoxy) is 1. The first kappa shape index (κ1) is 17.5. The quantitative estimate of drug-likeness (QED) is 0.873. The van der Waals surface area contributed by atoms with E-state index in [0.29, 0.717) is 16.9 Å². The summed E-state index contributed by atoms with van der Waals surface area (Å²) in [6, 6.07) is 1.83. The van der Waals surface area contributed by atoms with Crippen LogP contribution in [0.5, 0.6) is 11.5 Å². The molecule has 0 saturated carbocycles. The molecule has 4 heteroatoms. The van der Waals surface area contributed by atoms with Gasteiger partial charge < -0.3 is 9.84 Å². The van der Waals surface area contributed by atoms with Crippen molar-refractivity contribution in [2.45, 2.75) is 40.0 Å². The van der Waals surface area contributed by atoms with Crippen molar-refractivity contribution in [1.29, 1.82) is 0 Å². The van der Waals surface area contributed by atoms with Crippen LogP contribution in [-0.4, -0.2) is 23.8 Å². The van der Waals surface area contributed by atoms with Crippen molar-refractivity contribution in [3.63, 3.8) is 0 Å². The lowest BCUT2D eigenvalue weighted by Crippen LogP contribution is -2.36. The fourth-order valence-corrected chi connectivity index (χ4v) is 3.78. The Kier molecular flexibility index (Phi) is 4.10. The van der Waals surface area contributed by atoms with Gasteiger partial charge in [0, 0.05) is 34.4 Å². The first-order valence-corrected chi connectivity index (χ1v) is 8.59. The van der Waals surface area contributed by atoms with Gasteiger partial charge in [-0.15, -0.1) is 0 Å². The Morgan fingerprint density at radius 2 is 1.92 bits per heavy atom. The lowest BCUT2D eigenvalue weighted by molar-refractivity contribution is -0.124. The largest absolute Gasteiger partial charge is 0.504 e. The molecule has 0 aromatic heterocycles. The molecule has 2 aliphatic carbocycles. The minimum absolute atomic E-state index is 0.00620. The molecule has 132 valence electrons. The Morgan fingerprint density at radius 3 is 2.52 bits per heavy atom. The van der Waals surface area contributed by atoms with Crippen LogP contribution in [0.15, 0.2) is 23.8 Å². The molecule has 1 aromatic carbocycles. The summed E-state index contributed by atoms with van der Waals surface area (Å²) < 4.78 is 5.41. The lowest BCUT2D eigenvalue weighted by atomic mass is 9.67. The van der Waals surface area contributed by atoms with Gasteiger partial charge in [-0.05, 0) is 29.7 Å². The van der Waals surface area contributed by atoms with E-state index < -0.39 is 5.41 Å². The summed E-state index contributed by atoms with van der Waals surface area (Å²) in [6.45, 7) is 7.74. The summed E-state index contributed by atoms with van der Waals surface area (Å²) in [7, 11) is 1.52. The van der Waals surface area contributed by atoms with Gasteiger partial charge in [-0.1, -0.05) is 33.8 Å². The molecule has 25 heavy (non-hydrogen) atoms. The highest BCUT2D eigenvalue weighted by molar-refractivity contribution is 6.05. The highest BCUT2D eigenvalue weighted by Gasteiger charge is 2.42. The summed E-state index contributed by atoms with van der Waals surface area (Å²) in [4.78, 5) is 25.2. The molecule has 0 fully saturated rings. The van der Waals surface area contributed by atoms with Gasteiger partial charge in [0.2, 0.25) is 0 Å². The van der Waals surface area contributed by atoms with Gasteiger partial charge in [0.15, 0.2) is 23.1 Å². The van der Waals surface area contributed by atoms with Gasteiger partial charge in [0.05, 0.1) is 7.11 Å². The number of carbonyl (C=O) groups is 2. The fourth-order valence-electron chi connectivity index (χ4n) is 3.78. The Morgan fingerprint density at radius 1 is 1.24 bits per heavy atom. The number of benzene rings is 1. The molecule has 0 heterocycles. The molecule has 4 nitrogen and oxygen atoms in total. The van der Waals surface area contributed by atoms with E-state index in [4.69, 9.17) is 4.74 Å². The van der Waals surface area contributed by atoms with Crippen LogP contribution in [0, 0.1) is 11.3 Å². The van der Waals surface area contributed by atoms with Gasteiger partial charge in [0.1, 0.15) is 0 Å². The second-order valence-corrected chi connectivity index (χ2v) is 7.71. The van der Waals surface area contributed by atoms with Crippen LogP contribution in [-0.2, 0) is 4.79 Å². The van der Waals surface area contributed by atoms with Crippen molar-refractivity contribution in [2.75, 3.05) is 7.11 Å². The standard InChI is InChI=1S/C21H24O4/c1-11(2)13-9-14-15(19(24)20(13)25-5)8-12-6-7-18(23)21(3,4)16(12)10-17(14)22/h6-9,11,16,24H,10H2,1-5H3/t16-/m0/s1. The number of Topliss-reactive ketones (excluding diaryl/α,β-unsaturated/α-hetero) is 1. The minimum atomic E-state index is -0.640. The summed E-state index contributed by atoms with van der Waals surface area (Å²) >= 11 is 0. The third-order valence-corrected chi connectivity index (χ3v) is 5.49. The number of ketones is 2. The first-order chi connectivity index (χ1) is 11.7. The zero-order valence-corrected chi connectivity index (χ0v) is 15.3. The number of allylic oxidation sites excluding steroid dienone is 3. The second-order valence-electron chi connectivity index (χ2n) is 7.71. The number of fused-ring (bicyclic) bond motifs is 2. The third-order valence-electron chi connectivity index (χ3n) is 5.49. The van der Waals surface area contributed by atoms with Gasteiger partial charge in [-0.3, -0.25) is 9.59 Å². The molecule has 3 rings (SSSR count). The maximum Gasteiger partial charge on any atom is 0.166 e. The normalized spacial score (nSPS) is 21.5. The summed E-state index contributed by atoms with van der Waals surface area (Å²) in [5.41, 5.74) is 2.05. The second kappa shape index (κ2) is 5.87. The van der Waals surface area contributed by atoms with E-state index in [0.717, 1.165) is 11.1 Å². The van der Waals surface area contributed by atoms with Gasteiger partial charge in [-0.25, -0.2) is 0 Å². The summed E-state index contributed by atoms with van der Waals surface area (Å²) in [6.07, 6.45) is 5.42. The van der Waals surface area contributed by atoms with Gasteiger partial charge in [0.25, 0.3) is 0 Å². The summed E-state index contributed by atoms with van der Waals surface area (Å²) in [5, 5.41) is 10.8. The molecule has 0 bridgehead atoms. The maximum atomic E-state index is 13.0. The van der Waals surface area contributed by atoms with E-state index in [1.807, 2.05) is 39.8 Å². The molecule has 0 spiro atoms. The molecular formula is C21H24O4. The smallest absolute Gasteiger partial charge is 0.166 e. The Bertz CT molecular complexity index is 825. The third kappa shape index (κ3) is 2.60. The average Bonchev–Trinajstić information content (AvgIpc) is 2.69. The van der Waals surface area contributed by atoms with Crippen molar-refractivity contribution < 1.29 is 19.4 Å². The zero-order valence-electron chi connectivity index (χ0n) is 15.3. The van der Waals surface area contributed by atoms with Crippen LogP contribution in [0.3, 0.4) is 0 Å². The van der Waals surface area contributed by atoms with Gasteiger partial charge >= 0.3 is 0 Å².